The molecule has 9 heteroatoms. The first-order valence-corrected chi connectivity index (χ1v) is 11.4. The number of nitrogens with one attached hydrogen (secondary N) is 1. The molecule has 1 spiro atoms. The van der Waals surface area contributed by atoms with Gasteiger partial charge in [-0.05, 0) is 37.3 Å². The molecule has 3 fully saturated rings. The first-order valence-electron chi connectivity index (χ1n) is 11.4. The van der Waals surface area contributed by atoms with Crippen molar-refractivity contribution in [2.75, 3.05) is 13.1 Å². The summed E-state index contributed by atoms with van der Waals surface area (Å²) in [4.78, 5) is 35.4. The van der Waals surface area contributed by atoms with E-state index in [0.717, 1.165) is 24.2 Å². The molecule has 1 aromatic rings. The Kier molecular flexibility index (Phi) is 5.02. The van der Waals surface area contributed by atoms with Gasteiger partial charge in [-0.15, -0.1) is 6.58 Å². The third-order valence-electron chi connectivity index (χ3n) is 8.03. The fourth-order valence-electron chi connectivity index (χ4n) is 6.60. The minimum Gasteiger partial charge on any atom is -0.504 e. The molecule has 6 rings (SSSR count). The molecule has 0 unspecified atom stereocenters. The van der Waals surface area contributed by atoms with Crippen LogP contribution in [0.25, 0.3) is 0 Å². The lowest BCUT2D eigenvalue weighted by molar-refractivity contribution is -0.187. The number of aliphatic hydroxyl groups is 1. The van der Waals surface area contributed by atoms with E-state index in [1.807, 2.05) is 12.1 Å². The number of carboxylic acid groups (broad SMARTS) is 1. The number of rotatable bonds is 3. The Hall–Kier alpha value is -2.91. The Balaban J connectivity index is 0.000000215. The lowest BCUT2D eigenvalue weighted by atomic mass is 9.49. The monoisotopic (exact) mass is 456 g/mol. The highest BCUT2D eigenvalue weighted by Crippen LogP contribution is 2.64. The summed E-state index contributed by atoms with van der Waals surface area (Å²) in [5.74, 6) is -0.580. The van der Waals surface area contributed by atoms with Gasteiger partial charge in [-0.25, -0.2) is 4.79 Å². The predicted octanol–water partition coefficient (Wildman–Crippen LogP) is 0.651. The summed E-state index contributed by atoms with van der Waals surface area (Å²) in [6.07, 6.45) is 4.12. The molecule has 33 heavy (non-hydrogen) atoms. The van der Waals surface area contributed by atoms with E-state index in [1.165, 1.54) is 0 Å². The van der Waals surface area contributed by atoms with Crippen LogP contribution >= 0.6 is 0 Å². The normalized spacial score (nSPS) is 35.6. The van der Waals surface area contributed by atoms with Crippen molar-refractivity contribution in [3.05, 3.63) is 35.9 Å². The Morgan fingerprint density at radius 2 is 2.09 bits per heavy atom. The number of ether oxygens (including phenoxy) is 1. The number of aliphatic carboxylic acids is 1. The lowest BCUT2D eigenvalue weighted by Gasteiger charge is -2.62. The van der Waals surface area contributed by atoms with Crippen molar-refractivity contribution < 1.29 is 34.4 Å². The zero-order valence-corrected chi connectivity index (χ0v) is 18.2. The fraction of sp³-hybridized carbons (Fsp3) is 0.542. The van der Waals surface area contributed by atoms with Crippen LogP contribution in [0.5, 0.6) is 11.5 Å². The van der Waals surface area contributed by atoms with E-state index in [2.05, 4.69) is 16.8 Å². The number of carbonyl (C=O) groups is 3. The van der Waals surface area contributed by atoms with Crippen LogP contribution in [-0.2, 0) is 26.2 Å². The highest BCUT2D eigenvalue weighted by Gasteiger charge is 2.73. The zero-order chi connectivity index (χ0) is 23.5. The number of ketones is 1. The van der Waals surface area contributed by atoms with Crippen molar-refractivity contribution >= 4 is 17.7 Å². The van der Waals surface area contributed by atoms with E-state index >= 15 is 0 Å². The number of phenolic OH excluding ortho intramolecular Hbond substituents is 1. The van der Waals surface area contributed by atoms with E-state index in [-0.39, 0.29) is 23.5 Å². The van der Waals surface area contributed by atoms with E-state index in [1.54, 1.807) is 6.07 Å². The molecule has 176 valence electrons. The Labute approximate surface area is 191 Å². The number of nitrogens with zero attached hydrogens (tertiary/aromatic N) is 1. The Bertz CT molecular complexity index is 1060. The number of phenols is 1. The number of benzene rings is 1. The van der Waals surface area contributed by atoms with Gasteiger partial charge in [-0.3, -0.25) is 14.5 Å². The van der Waals surface area contributed by atoms with Crippen LogP contribution in [0.2, 0.25) is 0 Å². The molecule has 2 aliphatic carbocycles. The van der Waals surface area contributed by atoms with Gasteiger partial charge < -0.3 is 25.4 Å². The second-order valence-electron chi connectivity index (χ2n) is 9.56. The van der Waals surface area contributed by atoms with Crippen molar-refractivity contribution in [1.82, 2.24) is 10.2 Å². The summed E-state index contributed by atoms with van der Waals surface area (Å²) in [7, 11) is 0. The second-order valence-corrected chi connectivity index (χ2v) is 9.56. The van der Waals surface area contributed by atoms with Crippen LogP contribution in [0.15, 0.2) is 24.8 Å². The highest BCUT2D eigenvalue weighted by atomic mass is 16.5. The van der Waals surface area contributed by atoms with Gasteiger partial charge >= 0.3 is 5.97 Å². The van der Waals surface area contributed by atoms with Crippen LogP contribution in [0.3, 0.4) is 0 Å². The molecule has 5 atom stereocenters. The first-order chi connectivity index (χ1) is 15.7. The van der Waals surface area contributed by atoms with Gasteiger partial charge in [-0.1, -0.05) is 12.1 Å². The number of hydrogen-bond donors (Lipinski definition) is 4. The maximum absolute atomic E-state index is 12.6. The molecule has 3 heterocycles. The predicted molar refractivity (Wildman–Crippen MR) is 116 cm³/mol. The maximum atomic E-state index is 12.6. The molecule has 0 radical (unpaired) electrons. The van der Waals surface area contributed by atoms with Gasteiger partial charge in [0, 0.05) is 37.5 Å². The minimum absolute atomic E-state index is 0.0408. The van der Waals surface area contributed by atoms with Crippen LogP contribution in [0.1, 0.15) is 43.2 Å². The molecule has 1 amide bonds. The van der Waals surface area contributed by atoms with Gasteiger partial charge in [0.05, 0.1) is 11.0 Å². The number of carbonyl (C=O) groups excluding carboxylic acids is 2. The van der Waals surface area contributed by atoms with E-state index < -0.39 is 29.1 Å². The first kappa shape index (κ1) is 21.9. The van der Waals surface area contributed by atoms with Crippen molar-refractivity contribution in [1.29, 1.82) is 0 Å². The Morgan fingerprint density at radius 1 is 1.30 bits per heavy atom. The number of hydrogen-bond acceptors (Lipinski definition) is 7. The molecule has 2 saturated heterocycles. The van der Waals surface area contributed by atoms with Gasteiger partial charge in [0.1, 0.15) is 6.04 Å². The molecule has 4 N–H and O–H groups in total. The molecule has 5 aliphatic rings. The van der Waals surface area contributed by atoms with Gasteiger partial charge in [0.2, 0.25) is 5.91 Å². The number of likely N-dealkylation sites (tertiary alicyclic amines) is 1. The molecule has 0 aromatic heterocycles. The summed E-state index contributed by atoms with van der Waals surface area (Å²) < 4.78 is 5.98. The topological polar surface area (TPSA) is 136 Å². The second kappa shape index (κ2) is 7.56. The van der Waals surface area contributed by atoms with Crippen LogP contribution < -0.4 is 10.1 Å². The van der Waals surface area contributed by atoms with E-state index in [9.17, 15) is 24.6 Å². The third-order valence-corrected chi connectivity index (χ3v) is 8.03. The average Bonchev–Trinajstić information content (AvgIpc) is 3.36. The minimum atomic E-state index is -1.00. The SMILES string of the molecule is C=CCN1CC[C@]23c4c5ccc(O)c4O[C@@H]2C(=O)CC[C@@]3(O)[C@H]1C5.O=C1CC[C@@H](C(=O)O)N1. The maximum Gasteiger partial charge on any atom is 0.326 e. The molecule has 1 aromatic carbocycles. The van der Waals surface area contributed by atoms with Crippen LogP contribution in [0.4, 0.5) is 0 Å². The third kappa shape index (κ3) is 2.95. The number of carboxylic acids is 1. The van der Waals surface area contributed by atoms with Crippen molar-refractivity contribution in [2.45, 2.75) is 67.7 Å². The van der Waals surface area contributed by atoms with Crippen molar-refractivity contribution in [3.63, 3.8) is 0 Å². The summed E-state index contributed by atoms with van der Waals surface area (Å²) in [6.45, 7) is 5.36. The lowest BCUT2D eigenvalue weighted by Crippen LogP contribution is -2.76. The molecule has 9 nitrogen and oxygen atoms in total. The molecular weight excluding hydrogens is 428 g/mol. The quantitative estimate of drug-likeness (QED) is 0.487. The van der Waals surface area contributed by atoms with Crippen LogP contribution in [0, 0.1) is 0 Å². The standard InChI is InChI=1S/C19H21NO4.C5H7NO3/c1-2-8-20-9-7-18-15-11-3-4-12(21)16(15)24-17(18)13(22)5-6-19(18,23)14(20)10-11;7-4-2-1-3(6-4)5(8)9/h2-4,14,17,21,23H,1,5-10H2;3H,1-2H2,(H,6,7)(H,8,9)/t14-,17-,18+,19-;3-/m10/s1. The summed E-state index contributed by atoms with van der Waals surface area (Å²) in [6, 6.07) is 2.87. The average molecular weight is 456 g/mol. The molecular formula is C24H28N2O7. The van der Waals surface area contributed by atoms with Crippen molar-refractivity contribution in [2.24, 2.45) is 0 Å². The molecule has 2 bridgehead atoms. The van der Waals surface area contributed by atoms with E-state index in [4.69, 9.17) is 9.84 Å². The molecule has 1 saturated carbocycles. The summed E-state index contributed by atoms with van der Waals surface area (Å²) in [5.41, 5.74) is 0.256. The van der Waals surface area contributed by atoms with Gasteiger partial charge in [0.15, 0.2) is 23.4 Å². The number of amides is 1. The smallest absolute Gasteiger partial charge is 0.326 e. The Morgan fingerprint density at radius 3 is 2.73 bits per heavy atom. The largest absolute Gasteiger partial charge is 0.504 e. The number of Topliss-reactive ketones (excluding diaryl/α,β-unsaturated/α-hetero) is 1. The number of aromatic hydroxyl groups is 1. The summed E-state index contributed by atoms with van der Waals surface area (Å²) in [5, 5.41) is 32.7. The van der Waals surface area contributed by atoms with Crippen LogP contribution in [-0.4, -0.2) is 74.8 Å². The molecule has 3 aliphatic heterocycles. The van der Waals surface area contributed by atoms with E-state index in [0.29, 0.717) is 44.3 Å². The van der Waals surface area contributed by atoms with Gasteiger partial charge in [0.25, 0.3) is 0 Å². The van der Waals surface area contributed by atoms with Gasteiger partial charge in [-0.2, -0.15) is 0 Å². The fourth-order valence-corrected chi connectivity index (χ4v) is 6.60. The number of piperidine rings is 1. The zero-order valence-electron chi connectivity index (χ0n) is 18.2. The van der Waals surface area contributed by atoms with Crippen molar-refractivity contribution in [3.8, 4) is 11.5 Å². The highest BCUT2D eigenvalue weighted by molar-refractivity contribution is 5.90. The summed E-state index contributed by atoms with van der Waals surface area (Å²) >= 11 is 0.